The molecule has 0 radical (unpaired) electrons. The van der Waals surface area contributed by atoms with Crippen molar-refractivity contribution in [1.29, 1.82) is 0 Å². The number of rotatable bonds is 5. The summed E-state index contributed by atoms with van der Waals surface area (Å²) in [5, 5.41) is 0. The Balaban J connectivity index is 1.58. The number of hydrogen-bond donors (Lipinski definition) is 0. The zero-order valence-electron chi connectivity index (χ0n) is 19.1. The number of imidazole rings is 1. The molecule has 9 heteroatoms. The molecule has 0 bridgehead atoms. The van der Waals surface area contributed by atoms with Crippen LogP contribution < -0.4 is 15.3 Å². The lowest BCUT2D eigenvalue weighted by Gasteiger charge is -2.42. The number of aromatic nitrogens is 2. The van der Waals surface area contributed by atoms with Crippen LogP contribution in [0.4, 0.5) is 23.2 Å². The summed E-state index contributed by atoms with van der Waals surface area (Å²) in [4.78, 5) is 15.5. The Morgan fingerprint density at radius 2 is 1.71 bits per heavy atom. The highest BCUT2D eigenvalue weighted by Gasteiger charge is 2.36. The van der Waals surface area contributed by atoms with Gasteiger partial charge < -0.3 is 9.64 Å². The van der Waals surface area contributed by atoms with Crippen molar-refractivity contribution in [2.45, 2.75) is 25.7 Å². The molecule has 182 valence electrons. The van der Waals surface area contributed by atoms with E-state index in [0.717, 1.165) is 11.6 Å². The van der Waals surface area contributed by atoms with Gasteiger partial charge in [0.2, 0.25) is 0 Å². The fourth-order valence-corrected chi connectivity index (χ4v) is 4.90. The number of ether oxygens (including phenoxy) is 1. The summed E-state index contributed by atoms with van der Waals surface area (Å²) in [6.07, 6.45) is -4.55. The maximum Gasteiger partial charge on any atom is 0.416 e. The van der Waals surface area contributed by atoms with Crippen molar-refractivity contribution < 1.29 is 22.3 Å². The Morgan fingerprint density at radius 3 is 2.40 bits per heavy atom. The third kappa shape index (κ3) is 3.84. The first-order valence-corrected chi connectivity index (χ1v) is 11.1. The van der Waals surface area contributed by atoms with Crippen LogP contribution in [0.15, 0.2) is 65.5 Å². The summed E-state index contributed by atoms with van der Waals surface area (Å²) >= 11 is 0. The van der Waals surface area contributed by atoms with Crippen LogP contribution in [-0.4, -0.2) is 29.3 Å². The van der Waals surface area contributed by atoms with Crippen LogP contribution >= 0.6 is 0 Å². The van der Waals surface area contributed by atoms with Crippen LogP contribution in [0, 0.1) is 12.7 Å². The zero-order valence-corrected chi connectivity index (χ0v) is 19.1. The number of nitrogens with zero attached hydrogens (tertiary/aromatic N) is 3. The number of hydrogen-bond acceptors (Lipinski definition) is 3. The molecule has 0 spiro atoms. The maximum atomic E-state index is 14.4. The first-order chi connectivity index (χ1) is 16.7. The molecular formula is C26H23F4N3O2. The van der Waals surface area contributed by atoms with Crippen molar-refractivity contribution in [2.75, 3.05) is 25.1 Å². The molecule has 5 rings (SSSR count). The molecule has 2 heterocycles. The molecule has 1 saturated heterocycles. The third-order valence-corrected chi connectivity index (χ3v) is 6.55. The van der Waals surface area contributed by atoms with Crippen LogP contribution in [0.3, 0.4) is 0 Å². The van der Waals surface area contributed by atoms with Gasteiger partial charge in [0.25, 0.3) is 0 Å². The van der Waals surface area contributed by atoms with Gasteiger partial charge in [0.15, 0.2) is 0 Å². The quantitative estimate of drug-likeness (QED) is 0.356. The molecule has 5 nitrogen and oxygen atoms in total. The highest BCUT2D eigenvalue weighted by molar-refractivity contribution is 5.83. The van der Waals surface area contributed by atoms with Gasteiger partial charge in [-0.15, -0.1) is 0 Å². The van der Waals surface area contributed by atoms with Gasteiger partial charge in [-0.05, 0) is 42.3 Å². The van der Waals surface area contributed by atoms with Crippen molar-refractivity contribution in [3.63, 3.8) is 0 Å². The molecule has 0 amide bonds. The molecule has 0 saturated carbocycles. The Labute approximate surface area is 198 Å². The van der Waals surface area contributed by atoms with Gasteiger partial charge in [0, 0.05) is 13.1 Å². The molecule has 3 aromatic carbocycles. The first kappa shape index (κ1) is 23.0. The van der Waals surface area contributed by atoms with E-state index in [9.17, 15) is 22.4 Å². The van der Waals surface area contributed by atoms with Crippen molar-refractivity contribution in [3.05, 3.63) is 93.7 Å². The van der Waals surface area contributed by atoms with Crippen LogP contribution in [0.2, 0.25) is 0 Å². The Bertz CT molecular complexity index is 1450. The molecule has 1 fully saturated rings. The molecular weight excluding hydrogens is 462 g/mol. The SMILES string of the molecule is COc1cccc2c1n(Cc1ccccc1C(F)(F)F)c(=O)n2C1CN(c2c(C)cccc2F)C1. The molecule has 1 aliphatic rings. The van der Waals surface area contributed by atoms with Crippen LogP contribution in [-0.2, 0) is 12.7 Å². The van der Waals surface area contributed by atoms with E-state index in [-0.39, 0.29) is 24.0 Å². The van der Waals surface area contributed by atoms with Gasteiger partial charge in [0.05, 0.1) is 36.5 Å². The fourth-order valence-electron chi connectivity index (χ4n) is 4.90. The molecule has 1 aromatic heterocycles. The second-order valence-electron chi connectivity index (χ2n) is 8.69. The number of halogens is 4. The number of alkyl halides is 3. The highest BCUT2D eigenvalue weighted by Crippen LogP contribution is 2.36. The highest BCUT2D eigenvalue weighted by atomic mass is 19.4. The van der Waals surface area contributed by atoms with E-state index in [0.29, 0.717) is 35.6 Å². The predicted octanol–water partition coefficient (Wildman–Crippen LogP) is 5.39. The van der Waals surface area contributed by atoms with Crippen LogP contribution in [0.1, 0.15) is 22.7 Å². The Kier molecular flexibility index (Phi) is 5.57. The summed E-state index contributed by atoms with van der Waals surface area (Å²) in [6, 6.07) is 15.0. The second-order valence-corrected chi connectivity index (χ2v) is 8.69. The van der Waals surface area contributed by atoms with Crippen molar-refractivity contribution in [2.24, 2.45) is 0 Å². The number of anilines is 1. The number of fused-ring (bicyclic) bond motifs is 1. The van der Waals surface area contributed by atoms with E-state index in [1.54, 1.807) is 28.8 Å². The average Bonchev–Trinajstić information content (AvgIpc) is 3.06. The number of aryl methyl sites for hydroxylation is 1. The van der Waals surface area contributed by atoms with Gasteiger partial charge in [-0.3, -0.25) is 9.13 Å². The summed E-state index contributed by atoms with van der Waals surface area (Å²) in [6.45, 7) is 2.36. The first-order valence-electron chi connectivity index (χ1n) is 11.1. The van der Waals surface area contributed by atoms with E-state index in [1.807, 2.05) is 17.9 Å². The lowest BCUT2D eigenvalue weighted by molar-refractivity contribution is -0.138. The van der Waals surface area contributed by atoms with Gasteiger partial charge in [-0.2, -0.15) is 13.2 Å². The van der Waals surface area contributed by atoms with E-state index in [2.05, 4.69) is 0 Å². The van der Waals surface area contributed by atoms with Crippen molar-refractivity contribution >= 4 is 16.7 Å². The zero-order chi connectivity index (χ0) is 24.9. The minimum Gasteiger partial charge on any atom is -0.494 e. The number of methoxy groups -OCH3 is 1. The lowest BCUT2D eigenvalue weighted by Crippen LogP contribution is -2.51. The monoisotopic (exact) mass is 485 g/mol. The topological polar surface area (TPSA) is 39.4 Å². The normalized spacial score (nSPS) is 14.4. The van der Waals surface area contributed by atoms with Gasteiger partial charge in [0.1, 0.15) is 17.1 Å². The van der Waals surface area contributed by atoms with Gasteiger partial charge in [-0.25, -0.2) is 9.18 Å². The smallest absolute Gasteiger partial charge is 0.416 e. The van der Waals surface area contributed by atoms with Crippen molar-refractivity contribution in [1.82, 2.24) is 9.13 Å². The van der Waals surface area contributed by atoms with E-state index < -0.39 is 17.4 Å². The summed E-state index contributed by atoms with van der Waals surface area (Å²) < 4.78 is 63.7. The minimum atomic E-state index is -4.55. The largest absolute Gasteiger partial charge is 0.494 e. The summed E-state index contributed by atoms with van der Waals surface area (Å²) in [5.41, 5.74) is 1.06. The van der Waals surface area contributed by atoms with Crippen LogP contribution in [0.25, 0.3) is 11.0 Å². The maximum absolute atomic E-state index is 14.4. The van der Waals surface area contributed by atoms with Crippen LogP contribution in [0.5, 0.6) is 5.75 Å². The van der Waals surface area contributed by atoms with Gasteiger partial charge >= 0.3 is 11.9 Å². The number of benzene rings is 3. The number of para-hydroxylation sites is 2. The molecule has 1 aliphatic heterocycles. The fraction of sp³-hybridized carbons (Fsp3) is 0.269. The van der Waals surface area contributed by atoms with Gasteiger partial charge in [-0.1, -0.05) is 36.4 Å². The summed E-state index contributed by atoms with van der Waals surface area (Å²) in [7, 11) is 1.45. The average molecular weight is 485 g/mol. The Morgan fingerprint density at radius 1 is 1.00 bits per heavy atom. The second kappa shape index (κ2) is 8.48. The molecule has 0 aliphatic carbocycles. The Hall–Kier alpha value is -3.75. The molecule has 35 heavy (non-hydrogen) atoms. The molecule has 0 N–H and O–H groups in total. The van der Waals surface area contributed by atoms with E-state index in [4.69, 9.17) is 4.74 Å². The standard InChI is InChI=1S/C26H23F4N3O2/c1-16-7-5-10-20(27)23(16)31-14-18(15-31)33-21-11-6-12-22(35-2)24(21)32(25(33)34)13-17-8-3-4-9-19(17)26(28,29)30/h3-12,18H,13-15H2,1-2H3. The predicted molar refractivity (Wildman–Crippen MR) is 126 cm³/mol. The molecule has 4 aromatic rings. The molecule has 0 atom stereocenters. The van der Waals surface area contributed by atoms with E-state index in [1.165, 1.54) is 35.9 Å². The third-order valence-electron chi connectivity index (χ3n) is 6.55. The lowest BCUT2D eigenvalue weighted by atomic mass is 10.0. The van der Waals surface area contributed by atoms with E-state index >= 15 is 0 Å². The van der Waals surface area contributed by atoms with Crippen molar-refractivity contribution in [3.8, 4) is 5.75 Å². The summed E-state index contributed by atoms with van der Waals surface area (Å²) in [5.74, 6) is 0.0626. The minimum absolute atomic E-state index is 0.00993. The molecule has 0 unspecified atom stereocenters.